The quantitative estimate of drug-likeness (QED) is 0.752. The van der Waals surface area contributed by atoms with Crippen LogP contribution < -0.4 is 10.6 Å². The molecule has 2 aromatic heterocycles. The van der Waals surface area contributed by atoms with E-state index in [1.54, 1.807) is 11.6 Å². The number of amides is 1. The summed E-state index contributed by atoms with van der Waals surface area (Å²) < 4.78 is 0. The number of benzene rings is 1. The van der Waals surface area contributed by atoms with E-state index < -0.39 is 0 Å². The van der Waals surface area contributed by atoms with E-state index in [1.165, 1.54) is 28.2 Å². The van der Waals surface area contributed by atoms with E-state index >= 15 is 0 Å². The highest BCUT2D eigenvalue weighted by atomic mass is 32.1. The molecule has 0 saturated heterocycles. The topological polar surface area (TPSA) is 66.9 Å². The Balaban J connectivity index is 1.72. The predicted octanol–water partition coefficient (Wildman–Crippen LogP) is 4.21. The van der Waals surface area contributed by atoms with Crippen LogP contribution in [0.4, 0.5) is 16.0 Å². The SMILES string of the molecule is Cc1ccc(Nc2nc(C(=O)Nc3nccs3)cs2)c(C)c1. The van der Waals surface area contributed by atoms with E-state index in [2.05, 4.69) is 33.6 Å². The second-order valence-electron chi connectivity index (χ2n) is 4.77. The first-order chi connectivity index (χ1) is 10.6. The zero-order valence-corrected chi connectivity index (χ0v) is 13.7. The standard InChI is InChI=1S/C15H14N4OS2/c1-9-3-4-11(10(2)7-9)17-15-18-12(8-22-15)13(20)19-14-16-5-6-21-14/h3-8H,1-2H3,(H,17,18)(H,16,19,20). The van der Waals surface area contributed by atoms with Crippen molar-refractivity contribution in [3.63, 3.8) is 0 Å². The molecule has 112 valence electrons. The molecule has 0 spiro atoms. The maximum Gasteiger partial charge on any atom is 0.276 e. The molecular formula is C15H14N4OS2. The van der Waals surface area contributed by atoms with Gasteiger partial charge in [-0.1, -0.05) is 17.7 Å². The fourth-order valence-corrected chi connectivity index (χ4v) is 3.18. The number of nitrogens with zero attached hydrogens (tertiary/aromatic N) is 2. The summed E-state index contributed by atoms with van der Waals surface area (Å²) in [7, 11) is 0. The van der Waals surface area contributed by atoms with Gasteiger partial charge in [-0.3, -0.25) is 10.1 Å². The molecule has 0 aliphatic rings. The Bertz CT molecular complexity index is 796. The number of aromatic nitrogens is 2. The molecule has 0 unspecified atom stereocenters. The highest BCUT2D eigenvalue weighted by molar-refractivity contribution is 7.14. The molecule has 3 rings (SSSR count). The summed E-state index contributed by atoms with van der Waals surface area (Å²) in [5, 5.41) is 10.8. The zero-order chi connectivity index (χ0) is 15.5. The van der Waals surface area contributed by atoms with Crippen molar-refractivity contribution < 1.29 is 4.79 Å². The highest BCUT2D eigenvalue weighted by Crippen LogP contribution is 2.24. The van der Waals surface area contributed by atoms with Crippen molar-refractivity contribution in [2.45, 2.75) is 13.8 Å². The largest absolute Gasteiger partial charge is 0.331 e. The van der Waals surface area contributed by atoms with Gasteiger partial charge in [0.15, 0.2) is 10.3 Å². The molecule has 7 heteroatoms. The Labute approximate surface area is 136 Å². The number of carbonyl (C=O) groups excluding carboxylic acids is 1. The normalized spacial score (nSPS) is 10.5. The first kappa shape index (κ1) is 14.7. The van der Waals surface area contributed by atoms with Crippen LogP contribution in [0.5, 0.6) is 0 Å². The maximum absolute atomic E-state index is 12.1. The second-order valence-corrected chi connectivity index (χ2v) is 6.53. The number of nitrogens with one attached hydrogen (secondary N) is 2. The predicted molar refractivity (Wildman–Crippen MR) is 91.4 cm³/mol. The van der Waals surface area contributed by atoms with Gasteiger partial charge in [0.1, 0.15) is 5.69 Å². The van der Waals surface area contributed by atoms with E-state index in [1.807, 2.05) is 24.4 Å². The van der Waals surface area contributed by atoms with Gasteiger partial charge in [-0.25, -0.2) is 9.97 Å². The molecule has 22 heavy (non-hydrogen) atoms. The van der Waals surface area contributed by atoms with Gasteiger partial charge in [0.2, 0.25) is 0 Å². The van der Waals surface area contributed by atoms with E-state index in [4.69, 9.17) is 0 Å². The molecule has 0 aliphatic heterocycles. The summed E-state index contributed by atoms with van der Waals surface area (Å²) in [6.07, 6.45) is 1.65. The van der Waals surface area contributed by atoms with Gasteiger partial charge in [-0.05, 0) is 25.5 Å². The Morgan fingerprint density at radius 3 is 2.77 bits per heavy atom. The lowest BCUT2D eigenvalue weighted by atomic mass is 10.1. The lowest BCUT2D eigenvalue weighted by Gasteiger charge is -2.07. The summed E-state index contributed by atoms with van der Waals surface area (Å²) in [6.45, 7) is 4.10. The minimum Gasteiger partial charge on any atom is -0.331 e. The average Bonchev–Trinajstić information content (AvgIpc) is 3.13. The molecule has 0 saturated carbocycles. The Hall–Kier alpha value is -2.25. The lowest BCUT2D eigenvalue weighted by molar-refractivity contribution is 0.102. The highest BCUT2D eigenvalue weighted by Gasteiger charge is 2.12. The Morgan fingerprint density at radius 1 is 1.18 bits per heavy atom. The molecule has 1 aromatic carbocycles. The Morgan fingerprint density at radius 2 is 2.05 bits per heavy atom. The molecule has 0 aliphatic carbocycles. The van der Waals surface area contributed by atoms with Crippen molar-refractivity contribution in [2.24, 2.45) is 0 Å². The van der Waals surface area contributed by atoms with E-state index in [0.717, 1.165) is 11.3 Å². The molecule has 0 radical (unpaired) electrons. The Kier molecular flexibility index (Phi) is 4.17. The van der Waals surface area contributed by atoms with Gasteiger partial charge in [0.25, 0.3) is 5.91 Å². The van der Waals surface area contributed by atoms with Crippen LogP contribution >= 0.6 is 22.7 Å². The summed E-state index contributed by atoms with van der Waals surface area (Å²) >= 11 is 2.77. The van der Waals surface area contributed by atoms with Gasteiger partial charge in [0, 0.05) is 22.6 Å². The second kappa shape index (κ2) is 6.25. The molecule has 0 fully saturated rings. The van der Waals surface area contributed by atoms with Crippen molar-refractivity contribution in [2.75, 3.05) is 10.6 Å². The molecule has 1 amide bonds. The fourth-order valence-electron chi connectivity index (χ4n) is 1.95. The molecular weight excluding hydrogens is 316 g/mol. The smallest absolute Gasteiger partial charge is 0.276 e. The number of anilines is 3. The molecule has 3 aromatic rings. The molecule has 2 N–H and O–H groups in total. The van der Waals surface area contributed by atoms with E-state index in [0.29, 0.717) is 16.0 Å². The third-order valence-electron chi connectivity index (χ3n) is 3.01. The van der Waals surface area contributed by atoms with Gasteiger partial charge in [0.05, 0.1) is 0 Å². The zero-order valence-electron chi connectivity index (χ0n) is 12.1. The van der Waals surface area contributed by atoms with Crippen molar-refractivity contribution in [3.05, 3.63) is 52.0 Å². The number of hydrogen-bond acceptors (Lipinski definition) is 6. The van der Waals surface area contributed by atoms with Gasteiger partial charge >= 0.3 is 0 Å². The summed E-state index contributed by atoms with van der Waals surface area (Å²) in [6, 6.07) is 6.16. The number of hydrogen-bond donors (Lipinski definition) is 2. The number of aryl methyl sites for hydroxylation is 2. The van der Waals surface area contributed by atoms with E-state index in [-0.39, 0.29) is 5.91 Å². The molecule has 2 heterocycles. The van der Waals surface area contributed by atoms with Crippen LogP contribution in [0, 0.1) is 13.8 Å². The molecule has 5 nitrogen and oxygen atoms in total. The summed E-state index contributed by atoms with van der Waals surface area (Å²) in [5.74, 6) is -0.250. The number of thiazole rings is 2. The first-order valence-electron chi connectivity index (χ1n) is 6.62. The maximum atomic E-state index is 12.1. The number of rotatable bonds is 4. The summed E-state index contributed by atoms with van der Waals surface area (Å²) in [4.78, 5) is 20.4. The van der Waals surface area contributed by atoms with Crippen molar-refractivity contribution >= 4 is 44.5 Å². The lowest BCUT2D eigenvalue weighted by Crippen LogP contribution is -2.12. The molecule has 0 bridgehead atoms. The van der Waals surface area contributed by atoms with Crippen molar-refractivity contribution in [3.8, 4) is 0 Å². The van der Waals surface area contributed by atoms with Gasteiger partial charge in [-0.15, -0.1) is 22.7 Å². The van der Waals surface area contributed by atoms with Crippen LogP contribution in [-0.2, 0) is 0 Å². The average molecular weight is 330 g/mol. The third kappa shape index (κ3) is 3.32. The van der Waals surface area contributed by atoms with E-state index in [9.17, 15) is 4.79 Å². The first-order valence-corrected chi connectivity index (χ1v) is 8.38. The van der Waals surface area contributed by atoms with Crippen LogP contribution in [0.2, 0.25) is 0 Å². The van der Waals surface area contributed by atoms with Crippen molar-refractivity contribution in [1.29, 1.82) is 0 Å². The fraction of sp³-hybridized carbons (Fsp3) is 0.133. The number of carbonyl (C=O) groups is 1. The van der Waals surface area contributed by atoms with Crippen LogP contribution in [0.15, 0.2) is 35.2 Å². The van der Waals surface area contributed by atoms with Gasteiger partial charge in [-0.2, -0.15) is 0 Å². The third-order valence-corrected chi connectivity index (χ3v) is 4.46. The van der Waals surface area contributed by atoms with Crippen LogP contribution in [0.1, 0.15) is 21.6 Å². The monoisotopic (exact) mass is 330 g/mol. The summed E-state index contributed by atoms with van der Waals surface area (Å²) in [5.41, 5.74) is 3.73. The van der Waals surface area contributed by atoms with Crippen LogP contribution in [0.25, 0.3) is 0 Å². The molecule has 0 atom stereocenters. The minimum absolute atomic E-state index is 0.250. The van der Waals surface area contributed by atoms with Crippen LogP contribution in [-0.4, -0.2) is 15.9 Å². The van der Waals surface area contributed by atoms with Gasteiger partial charge < -0.3 is 5.32 Å². The minimum atomic E-state index is -0.250. The van der Waals surface area contributed by atoms with Crippen molar-refractivity contribution in [1.82, 2.24) is 9.97 Å². The van der Waals surface area contributed by atoms with Crippen LogP contribution in [0.3, 0.4) is 0 Å².